The van der Waals surface area contributed by atoms with Crippen molar-refractivity contribution in [3.8, 4) is 0 Å². The minimum Gasteiger partial charge on any atom is -0.368 e. The Kier molecular flexibility index (Phi) is 4.92. The number of hydrogen-bond acceptors (Lipinski definition) is 3. The van der Waals surface area contributed by atoms with Crippen LogP contribution >= 0.6 is 27.5 Å². The highest BCUT2D eigenvalue weighted by Gasteiger charge is 2.32. The van der Waals surface area contributed by atoms with Gasteiger partial charge in [0.05, 0.1) is 10.6 Å². The fourth-order valence-electron chi connectivity index (χ4n) is 2.65. The predicted octanol–water partition coefficient (Wildman–Crippen LogP) is 4.84. The minimum atomic E-state index is -4.44. The Morgan fingerprint density at radius 2 is 1.58 bits per heavy atom. The Hall–Kier alpha value is -1.47. The van der Waals surface area contributed by atoms with Gasteiger partial charge in [-0.25, -0.2) is 4.98 Å². The fraction of sp³-hybridized carbons (Fsp3) is 0.312. The Morgan fingerprint density at radius 1 is 1.00 bits per heavy atom. The molecule has 1 aliphatic rings. The van der Waals surface area contributed by atoms with E-state index in [1.54, 1.807) is 0 Å². The molecule has 2 heterocycles. The van der Waals surface area contributed by atoms with Crippen LogP contribution in [0, 0.1) is 0 Å². The Labute approximate surface area is 151 Å². The van der Waals surface area contributed by atoms with Crippen LogP contribution in [0.15, 0.2) is 41.0 Å². The number of anilines is 2. The molecule has 1 fully saturated rings. The molecule has 1 saturated heterocycles. The third-order valence-corrected chi connectivity index (χ3v) is 4.73. The molecular formula is C16H14BrClF3N3. The van der Waals surface area contributed by atoms with Gasteiger partial charge in [-0.1, -0.05) is 27.5 Å². The quantitative estimate of drug-likeness (QED) is 0.693. The van der Waals surface area contributed by atoms with Gasteiger partial charge in [-0.3, -0.25) is 0 Å². The first kappa shape index (κ1) is 17.4. The lowest BCUT2D eigenvalue weighted by Gasteiger charge is -2.37. The Morgan fingerprint density at radius 3 is 2.12 bits per heavy atom. The highest BCUT2D eigenvalue weighted by atomic mass is 79.9. The summed E-state index contributed by atoms with van der Waals surface area (Å²) in [6.07, 6.45) is -3.60. The number of nitrogens with zero attached hydrogens (tertiary/aromatic N) is 3. The summed E-state index contributed by atoms with van der Waals surface area (Å²) >= 11 is 9.42. The lowest BCUT2D eigenvalue weighted by atomic mass is 10.2. The molecule has 0 aliphatic carbocycles. The number of hydrogen-bond donors (Lipinski definition) is 0. The van der Waals surface area contributed by atoms with E-state index < -0.39 is 11.7 Å². The maximum Gasteiger partial charge on any atom is 0.417 e. The van der Waals surface area contributed by atoms with Gasteiger partial charge in [-0.2, -0.15) is 13.2 Å². The van der Waals surface area contributed by atoms with Crippen LogP contribution in [0.2, 0.25) is 5.02 Å². The summed E-state index contributed by atoms with van der Waals surface area (Å²) in [6.45, 7) is 2.80. The molecule has 1 aromatic carbocycles. The van der Waals surface area contributed by atoms with E-state index in [9.17, 15) is 13.2 Å². The summed E-state index contributed by atoms with van der Waals surface area (Å²) in [6, 6.07) is 8.96. The molecule has 24 heavy (non-hydrogen) atoms. The monoisotopic (exact) mass is 419 g/mol. The van der Waals surface area contributed by atoms with Crippen LogP contribution < -0.4 is 9.80 Å². The first-order valence-electron chi connectivity index (χ1n) is 7.33. The number of alkyl halides is 3. The standard InChI is InChI=1S/C16H14BrClF3N3/c17-12-1-3-13(4-2-12)23-5-7-24(8-6-23)15-14(18)9-11(10-22-15)16(19,20)21/h1-4,9-10H,5-8H2. The van der Waals surface area contributed by atoms with Crippen molar-refractivity contribution < 1.29 is 13.2 Å². The van der Waals surface area contributed by atoms with Crippen LogP contribution in [0.25, 0.3) is 0 Å². The Bertz CT molecular complexity index is 713. The SMILES string of the molecule is FC(F)(F)c1cnc(N2CCN(c3ccc(Br)cc3)CC2)c(Cl)c1. The van der Waals surface area contributed by atoms with Gasteiger partial charge in [0.2, 0.25) is 0 Å². The molecule has 128 valence electrons. The van der Waals surface area contributed by atoms with Crippen molar-refractivity contribution in [1.29, 1.82) is 0 Å². The van der Waals surface area contributed by atoms with Crippen LogP contribution in [0.4, 0.5) is 24.7 Å². The molecule has 0 amide bonds. The summed E-state index contributed by atoms with van der Waals surface area (Å²) in [5.41, 5.74) is 0.286. The average Bonchev–Trinajstić information content (AvgIpc) is 2.55. The van der Waals surface area contributed by atoms with E-state index in [2.05, 4.69) is 25.8 Å². The van der Waals surface area contributed by atoms with Gasteiger partial charge in [-0.15, -0.1) is 0 Å². The number of halogens is 5. The van der Waals surface area contributed by atoms with Crippen molar-refractivity contribution in [3.05, 3.63) is 51.6 Å². The van der Waals surface area contributed by atoms with Crippen molar-refractivity contribution in [2.75, 3.05) is 36.0 Å². The molecule has 0 radical (unpaired) electrons. The first-order chi connectivity index (χ1) is 11.3. The molecule has 8 heteroatoms. The largest absolute Gasteiger partial charge is 0.417 e. The molecule has 2 aromatic rings. The van der Waals surface area contributed by atoms with E-state index in [1.807, 2.05) is 29.2 Å². The van der Waals surface area contributed by atoms with Crippen LogP contribution in [0.1, 0.15) is 5.56 Å². The number of benzene rings is 1. The van der Waals surface area contributed by atoms with Gasteiger partial charge in [0.15, 0.2) is 0 Å². The summed E-state index contributed by atoms with van der Waals surface area (Å²) in [5, 5.41) is 0.0296. The van der Waals surface area contributed by atoms with E-state index in [0.717, 1.165) is 35.5 Å². The summed E-state index contributed by atoms with van der Waals surface area (Å²) in [7, 11) is 0. The zero-order valence-electron chi connectivity index (χ0n) is 12.5. The summed E-state index contributed by atoms with van der Waals surface area (Å²) in [5.74, 6) is 0.403. The fourth-order valence-corrected chi connectivity index (χ4v) is 3.20. The van der Waals surface area contributed by atoms with Gasteiger partial charge in [-0.05, 0) is 30.3 Å². The molecule has 0 spiro atoms. The van der Waals surface area contributed by atoms with Crippen molar-refractivity contribution >= 4 is 39.0 Å². The molecule has 0 N–H and O–H groups in total. The lowest BCUT2D eigenvalue weighted by Crippen LogP contribution is -2.47. The molecular weight excluding hydrogens is 407 g/mol. The van der Waals surface area contributed by atoms with Crippen LogP contribution in [0.5, 0.6) is 0 Å². The van der Waals surface area contributed by atoms with Gasteiger partial charge < -0.3 is 9.80 Å². The van der Waals surface area contributed by atoms with Gasteiger partial charge in [0.25, 0.3) is 0 Å². The summed E-state index contributed by atoms with van der Waals surface area (Å²) < 4.78 is 39.1. The van der Waals surface area contributed by atoms with Crippen molar-refractivity contribution in [2.45, 2.75) is 6.18 Å². The van der Waals surface area contributed by atoms with Crippen molar-refractivity contribution in [3.63, 3.8) is 0 Å². The van der Waals surface area contributed by atoms with E-state index >= 15 is 0 Å². The highest BCUT2D eigenvalue weighted by Crippen LogP contribution is 2.34. The predicted molar refractivity (Wildman–Crippen MR) is 92.8 cm³/mol. The molecule has 3 nitrogen and oxygen atoms in total. The van der Waals surface area contributed by atoms with Gasteiger partial charge in [0.1, 0.15) is 5.82 Å². The average molecular weight is 421 g/mol. The van der Waals surface area contributed by atoms with Gasteiger partial charge >= 0.3 is 6.18 Å². The van der Waals surface area contributed by atoms with Crippen LogP contribution in [-0.2, 0) is 6.18 Å². The lowest BCUT2D eigenvalue weighted by molar-refractivity contribution is -0.137. The molecule has 3 rings (SSSR count). The molecule has 1 aliphatic heterocycles. The smallest absolute Gasteiger partial charge is 0.368 e. The second-order valence-corrected chi connectivity index (χ2v) is 6.80. The van der Waals surface area contributed by atoms with Crippen LogP contribution in [-0.4, -0.2) is 31.2 Å². The van der Waals surface area contributed by atoms with E-state index in [-0.39, 0.29) is 5.02 Å². The summed E-state index contributed by atoms with van der Waals surface area (Å²) in [4.78, 5) is 8.06. The zero-order chi connectivity index (χ0) is 17.3. The topological polar surface area (TPSA) is 19.4 Å². The second-order valence-electron chi connectivity index (χ2n) is 5.48. The van der Waals surface area contributed by atoms with E-state index in [1.165, 1.54) is 0 Å². The molecule has 1 aromatic heterocycles. The first-order valence-corrected chi connectivity index (χ1v) is 8.50. The van der Waals surface area contributed by atoms with Gasteiger partial charge in [0, 0.05) is 42.5 Å². The molecule has 0 atom stereocenters. The van der Waals surface area contributed by atoms with E-state index in [4.69, 9.17) is 11.6 Å². The number of aromatic nitrogens is 1. The maximum atomic E-state index is 12.7. The number of piperazine rings is 1. The maximum absolute atomic E-state index is 12.7. The number of pyridine rings is 1. The molecule has 0 bridgehead atoms. The second kappa shape index (κ2) is 6.80. The molecule has 0 unspecified atom stereocenters. The minimum absolute atomic E-state index is 0.0296. The Balaban J connectivity index is 1.69. The third-order valence-electron chi connectivity index (χ3n) is 3.92. The zero-order valence-corrected chi connectivity index (χ0v) is 14.9. The number of rotatable bonds is 2. The normalized spacial score (nSPS) is 15.7. The molecule has 0 saturated carbocycles. The van der Waals surface area contributed by atoms with E-state index in [0.29, 0.717) is 18.9 Å². The third kappa shape index (κ3) is 3.78. The van der Waals surface area contributed by atoms with Crippen molar-refractivity contribution in [1.82, 2.24) is 4.98 Å². The highest BCUT2D eigenvalue weighted by molar-refractivity contribution is 9.10. The van der Waals surface area contributed by atoms with Crippen LogP contribution in [0.3, 0.4) is 0 Å². The van der Waals surface area contributed by atoms with Crippen molar-refractivity contribution in [2.24, 2.45) is 0 Å².